The highest BCUT2D eigenvalue weighted by Crippen LogP contribution is 2.24. The molecule has 0 amide bonds. The highest BCUT2D eigenvalue weighted by molar-refractivity contribution is 7.27. The second-order valence-electron chi connectivity index (χ2n) is 5.37. The Morgan fingerprint density at radius 2 is 1.92 bits per heavy atom. The Bertz CT molecular complexity index is 942. The Balaban J connectivity index is 2.12. The van der Waals surface area contributed by atoms with Crippen LogP contribution in [0.5, 0.6) is 0 Å². The van der Waals surface area contributed by atoms with Crippen molar-refractivity contribution in [3.05, 3.63) is 64.3 Å². The number of rotatable bonds is 4. The quantitative estimate of drug-likeness (QED) is 0.541. The molecule has 1 heterocycles. The van der Waals surface area contributed by atoms with E-state index in [9.17, 15) is 9.59 Å². The molecule has 0 radical (unpaired) electrons. The molecule has 5 heteroatoms. The number of carbonyl (C=O) groups is 1. The van der Waals surface area contributed by atoms with Crippen molar-refractivity contribution in [2.45, 2.75) is 13.3 Å². The minimum absolute atomic E-state index is 0.0715. The van der Waals surface area contributed by atoms with Crippen LogP contribution in [0.3, 0.4) is 0 Å². The third-order valence-corrected chi connectivity index (χ3v) is 4.06. The molecule has 24 heavy (non-hydrogen) atoms. The lowest BCUT2D eigenvalue weighted by Gasteiger charge is -2.08. The lowest BCUT2D eigenvalue weighted by Crippen LogP contribution is -2.09. The second kappa shape index (κ2) is 6.98. The maximum atomic E-state index is 12.4. The van der Waals surface area contributed by atoms with Crippen molar-refractivity contribution in [1.29, 1.82) is 0 Å². The molecule has 2 aromatic carbocycles. The first-order valence-corrected chi connectivity index (χ1v) is 8.23. The van der Waals surface area contributed by atoms with Gasteiger partial charge in [0, 0.05) is 17.2 Å². The van der Waals surface area contributed by atoms with Gasteiger partial charge in [-0.25, -0.2) is 0 Å². The molecule has 1 unspecified atom stereocenters. The monoisotopic (exact) mass is 340 g/mol. The van der Waals surface area contributed by atoms with Crippen LogP contribution in [-0.4, -0.2) is 12.6 Å². The van der Waals surface area contributed by atoms with Gasteiger partial charge < -0.3 is 9.15 Å². The van der Waals surface area contributed by atoms with Crippen LogP contribution in [0.15, 0.2) is 57.7 Å². The van der Waals surface area contributed by atoms with E-state index in [1.54, 1.807) is 25.1 Å². The standard InChI is InChI=1S/C19H17O4P/c1-2-22-18(21)10-13-4-3-5-15-16(20)11-17(23-19(13)15)12-6-8-14(24)9-7-12/h3-9,11H,2,10,24H2,1H3. The molecule has 0 N–H and O–H groups in total. The third kappa shape index (κ3) is 3.39. The first kappa shape index (κ1) is 16.4. The van der Waals surface area contributed by atoms with Gasteiger partial charge in [-0.1, -0.05) is 36.4 Å². The number of hydrogen-bond donors (Lipinski definition) is 0. The molecule has 0 aliphatic carbocycles. The predicted molar refractivity (Wildman–Crippen MR) is 97.6 cm³/mol. The highest BCUT2D eigenvalue weighted by atomic mass is 31.0. The summed E-state index contributed by atoms with van der Waals surface area (Å²) in [4.78, 5) is 24.2. The summed E-state index contributed by atoms with van der Waals surface area (Å²) >= 11 is 0. The van der Waals surface area contributed by atoms with Gasteiger partial charge in [0.2, 0.25) is 0 Å². The van der Waals surface area contributed by atoms with Crippen molar-refractivity contribution in [2.75, 3.05) is 6.61 Å². The Labute approximate surface area is 141 Å². The first-order chi connectivity index (χ1) is 11.6. The molecule has 4 nitrogen and oxygen atoms in total. The fraction of sp³-hybridized carbons (Fsp3) is 0.158. The zero-order chi connectivity index (χ0) is 17.1. The molecule has 1 aromatic heterocycles. The van der Waals surface area contributed by atoms with E-state index in [0.717, 1.165) is 10.9 Å². The average Bonchev–Trinajstić information content (AvgIpc) is 2.56. The van der Waals surface area contributed by atoms with E-state index in [0.29, 0.717) is 28.9 Å². The SMILES string of the molecule is CCOC(=O)Cc1cccc2c(=O)cc(-c3ccc(P)cc3)oc12. The molecule has 0 bridgehead atoms. The summed E-state index contributed by atoms with van der Waals surface area (Å²) < 4.78 is 11.0. The molecule has 0 fully saturated rings. The van der Waals surface area contributed by atoms with Crippen LogP contribution in [0.1, 0.15) is 12.5 Å². The van der Waals surface area contributed by atoms with Crippen LogP contribution in [0.2, 0.25) is 0 Å². The Kier molecular flexibility index (Phi) is 4.77. The van der Waals surface area contributed by atoms with E-state index < -0.39 is 0 Å². The van der Waals surface area contributed by atoms with Crippen LogP contribution >= 0.6 is 9.24 Å². The van der Waals surface area contributed by atoms with Crippen molar-refractivity contribution in [3.8, 4) is 11.3 Å². The lowest BCUT2D eigenvalue weighted by atomic mass is 10.1. The maximum Gasteiger partial charge on any atom is 0.310 e. The van der Waals surface area contributed by atoms with Crippen molar-refractivity contribution in [3.63, 3.8) is 0 Å². The van der Waals surface area contributed by atoms with Gasteiger partial charge in [-0.15, -0.1) is 9.24 Å². The smallest absolute Gasteiger partial charge is 0.310 e. The Morgan fingerprint density at radius 1 is 1.17 bits per heavy atom. The predicted octanol–water partition coefficient (Wildman–Crippen LogP) is 3.07. The van der Waals surface area contributed by atoms with Gasteiger partial charge in [-0.2, -0.15) is 0 Å². The van der Waals surface area contributed by atoms with Crippen LogP contribution in [-0.2, 0) is 16.0 Å². The summed E-state index contributed by atoms with van der Waals surface area (Å²) in [6, 6.07) is 14.3. The molecule has 0 aliphatic rings. The summed E-state index contributed by atoms with van der Waals surface area (Å²) in [5.74, 6) is 0.138. The normalized spacial score (nSPS) is 10.8. The van der Waals surface area contributed by atoms with Crippen molar-refractivity contribution >= 4 is 31.5 Å². The summed E-state index contributed by atoms with van der Waals surface area (Å²) in [5.41, 5.74) is 1.76. The molecule has 3 aromatic rings. The number of carbonyl (C=O) groups excluding carboxylic acids is 1. The van der Waals surface area contributed by atoms with E-state index in [1.165, 1.54) is 6.07 Å². The van der Waals surface area contributed by atoms with Gasteiger partial charge in [-0.05, 0) is 18.3 Å². The molecule has 1 atom stereocenters. The summed E-state index contributed by atoms with van der Waals surface area (Å²) in [6.07, 6.45) is 0.0715. The Morgan fingerprint density at radius 3 is 2.62 bits per heavy atom. The molecule has 0 spiro atoms. The molecular formula is C19H17O4P. The van der Waals surface area contributed by atoms with Gasteiger partial charge in [0.05, 0.1) is 18.4 Å². The van der Waals surface area contributed by atoms with Gasteiger partial charge in [0.1, 0.15) is 11.3 Å². The largest absolute Gasteiger partial charge is 0.466 e. The van der Waals surface area contributed by atoms with Gasteiger partial charge >= 0.3 is 5.97 Å². The number of ether oxygens (including phenoxy) is 1. The summed E-state index contributed by atoms with van der Waals surface area (Å²) in [5, 5.41) is 1.51. The number of para-hydroxylation sites is 1. The molecule has 0 saturated carbocycles. The van der Waals surface area contributed by atoms with Gasteiger partial charge in [0.25, 0.3) is 0 Å². The van der Waals surface area contributed by atoms with Gasteiger partial charge in [0.15, 0.2) is 5.43 Å². The van der Waals surface area contributed by atoms with Crippen molar-refractivity contribution in [2.24, 2.45) is 0 Å². The van der Waals surface area contributed by atoms with E-state index in [4.69, 9.17) is 9.15 Å². The molecule has 122 valence electrons. The number of benzene rings is 2. The zero-order valence-corrected chi connectivity index (χ0v) is 14.4. The summed E-state index contributed by atoms with van der Waals surface area (Å²) in [7, 11) is 2.61. The number of hydrogen-bond acceptors (Lipinski definition) is 4. The fourth-order valence-corrected chi connectivity index (χ4v) is 2.72. The highest BCUT2D eigenvalue weighted by Gasteiger charge is 2.13. The number of esters is 1. The maximum absolute atomic E-state index is 12.4. The molecule has 0 aliphatic heterocycles. The Hall–Kier alpha value is -2.45. The molecular weight excluding hydrogens is 323 g/mol. The first-order valence-electron chi connectivity index (χ1n) is 7.65. The van der Waals surface area contributed by atoms with E-state index in [-0.39, 0.29) is 17.8 Å². The average molecular weight is 340 g/mol. The van der Waals surface area contributed by atoms with Crippen molar-refractivity contribution < 1.29 is 13.9 Å². The second-order valence-corrected chi connectivity index (χ2v) is 6.04. The minimum atomic E-state index is -0.342. The third-order valence-electron chi connectivity index (χ3n) is 3.67. The number of fused-ring (bicyclic) bond motifs is 1. The zero-order valence-electron chi connectivity index (χ0n) is 13.2. The van der Waals surface area contributed by atoms with Crippen molar-refractivity contribution in [1.82, 2.24) is 0 Å². The van der Waals surface area contributed by atoms with E-state index in [2.05, 4.69) is 9.24 Å². The fourth-order valence-electron chi connectivity index (χ4n) is 2.53. The van der Waals surface area contributed by atoms with Crippen LogP contribution in [0, 0.1) is 0 Å². The molecule has 0 saturated heterocycles. The van der Waals surface area contributed by atoms with E-state index in [1.807, 2.05) is 24.3 Å². The topological polar surface area (TPSA) is 56.5 Å². The van der Waals surface area contributed by atoms with Crippen LogP contribution < -0.4 is 10.7 Å². The summed E-state index contributed by atoms with van der Waals surface area (Å²) in [6.45, 7) is 2.08. The minimum Gasteiger partial charge on any atom is -0.466 e. The lowest BCUT2D eigenvalue weighted by molar-refractivity contribution is -0.142. The molecule has 3 rings (SSSR count). The van der Waals surface area contributed by atoms with Gasteiger partial charge in [-0.3, -0.25) is 9.59 Å². The van der Waals surface area contributed by atoms with Crippen LogP contribution in [0.25, 0.3) is 22.3 Å². The van der Waals surface area contributed by atoms with Crippen LogP contribution in [0.4, 0.5) is 0 Å². The van der Waals surface area contributed by atoms with E-state index >= 15 is 0 Å².